The molecule has 0 saturated carbocycles. The molecule has 1 aromatic heterocycles. The van der Waals surface area contributed by atoms with Gasteiger partial charge in [-0.3, -0.25) is 0 Å². The number of aromatic nitrogens is 1. The summed E-state index contributed by atoms with van der Waals surface area (Å²) in [6.07, 6.45) is 0. The van der Waals surface area contributed by atoms with E-state index in [2.05, 4.69) is 32.4 Å². The monoisotopic (exact) mass is 141 g/mol. The first-order chi connectivity index (χ1) is 4.13. The second-order valence-electron chi connectivity index (χ2n) is 2.39. The standard InChI is InChI=1S/C7H12NP/c1-5-6(2)9-7(3)8(5)4/h1-4H3. The van der Waals surface area contributed by atoms with E-state index in [1.807, 2.05) is 0 Å². The van der Waals surface area contributed by atoms with Crippen LogP contribution in [-0.4, -0.2) is 4.57 Å². The maximum absolute atomic E-state index is 2.25. The predicted octanol–water partition coefficient (Wildman–Crippen LogP) is 2.53. The van der Waals surface area contributed by atoms with Gasteiger partial charge in [0.2, 0.25) is 0 Å². The molecule has 0 unspecified atom stereocenters. The topological polar surface area (TPSA) is 4.93 Å². The van der Waals surface area contributed by atoms with Crippen LogP contribution < -0.4 is 0 Å². The third-order valence-corrected chi connectivity index (χ3v) is 3.12. The van der Waals surface area contributed by atoms with Crippen LogP contribution in [0.5, 0.6) is 0 Å². The maximum atomic E-state index is 2.25. The molecule has 1 heterocycles. The van der Waals surface area contributed by atoms with Crippen molar-refractivity contribution in [2.75, 3.05) is 0 Å². The maximum Gasteiger partial charge on any atom is 0.0421 e. The van der Waals surface area contributed by atoms with E-state index in [4.69, 9.17) is 0 Å². The van der Waals surface area contributed by atoms with E-state index in [0.717, 1.165) is 0 Å². The Morgan fingerprint density at radius 1 is 1.22 bits per heavy atom. The molecule has 0 saturated heterocycles. The van der Waals surface area contributed by atoms with Crippen LogP contribution in [0.3, 0.4) is 0 Å². The van der Waals surface area contributed by atoms with Crippen LogP contribution in [0.2, 0.25) is 0 Å². The van der Waals surface area contributed by atoms with Crippen molar-refractivity contribution in [3.63, 3.8) is 0 Å². The molecular formula is C7H12NP. The second kappa shape index (κ2) is 2.15. The highest BCUT2D eigenvalue weighted by Gasteiger charge is 1.99. The van der Waals surface area contributed by atoms with Gasteiger partial charge in [-0.05, 0) is 34.3 Å². The van der Waals surface area contributed by atoms with Crippen LogP contribution >= 0.6 is 8.19 Å². The molecular weight excluding hydrogens is 129 g/mol. The van der Waals surface area contributed by atoms with Crippen molar-refractivity contribution in [3.05, 3.63) is 16.4 Å². The highest BCUT2D eigenvalue weighted by molar-refractivity contribution is 7.31. The molecule has 1 aromatic rings. The zero-order valence-corrected chi connectivity index (χ0v) is 7.29. The fourth-order valence-electron chi connectivity index (χ4n) is 0.884. The van der Waals surface area contributed by atoms with Crippen molar-refractivity contribution in [1.82, 2.24) is 4.57 Å². The van der Waals surface area contributed by atoms with Crippen molar-refractivity contribution in [2.45, 2.75) is 20.8 Å². The number of hydrogen-bond donors (Lipinski definition) is 0. The summed E-state index contributed by atoms with van der Waals surface area (Å²) in [5.41, 5.74) is 2.85. The van der Waals surface area contributed by atoms with Gasteiger partial charge < -0.3 is 4.57 Å². The van der Waals surface area contributed by atoms with Gasteiger partial charge in [0.15, 0.2) is 0 Å². The molecule has 0 amide bonds. The van der Waals surface area contributed by atoms with Gasteiger partial charge in [-0.1, -0.05) is 0 Å². The lowest BCUT2D eigenvalue weighted by molar-refractivity contribution is 0.846. The van der Waals surface area contributed by atoms with E-state index in [1.54, 1.807) is 0 Å². The Morgan fingerprint density at radius 3 is 1.89 bits per heavy atom. The largest absolute Gasteiger partial charge is 0.348 e. The predicted molar refractivity (Wildman–Crippen MR) is 42.1 cm³/mol. The Morgan fingerprint density at radius 2 is 1.78 bits per heavy atom. The van der Waals surface area contributed by atoms with Crippen molar-refractivity contribution < 1.29 is 0 Å². The summed E-state index contributed by atoms with van der Waals surface area (Å²) >= 11 is 0. The first-order valence-corrected chi connectivity index (χ1v) is 3.99. The van der Waals surface area contributed by atoms with Crippen LogP contribution in [0.4, 0.5) is 0 Å². The van der Waals surface area contributed by atoms with Gasteiger partial charge in [0.1, 0.15) is 0 Å². The first-order valence-electron chi connectivity index (χ1n) is 3.09. The molecule has 1 nitrogen and oxygen atoms in total. The Balaban J connectivity index is 3.29. The van der Waals surface area contributed by atoms with E-state index in [0.29, 0.717) is 0 Å². The summed E-state index contributed by atoms with van der Waals surface area (Å²) in [6.45, 7) is 6.52. The van der Waals surface area contributed by atoms with Crippen molar-refractivity contribution in [2.24, 2.45) is 7.05 Å². The summed E-state index contributed by atoms with van der Waals surface area (Å²) in [4.78, 5) is 0. The zero-order valence-electron chi connectivity index (χ0n) is 6.39. The Labute approximate surface area is 57.8 Å². The number of hydrogen-bond acceptors (Lipinski definition) is 0. The van der Waals surface area contributed by atoms with Gasteiger partial charge in [-0.2, -0.15) is 0 Å². The molecule has 1 rings (SSSR count). The normalized spacial score (nSPS) is 11.1. The van der Waals surface area contributed by atoms with Gasteiger partial charge in [-0.15, -0.1) is 0 Å². The lowest BCUT2D eigenvalue weighted by Crippen LogP contribution is -1.92. The molecule has 0 spiro atoms. The van der Waals surface area contributed by atoms with E-state index in [9.17, 15) is 0 Å². The average molecular weight is 141 g/mol. The van der Waals surface area contributed by atoms with Gasteiger partial charge in [0.05, 0.1) is 0 Å². The van der Waals surface area contributed by atoms with Crippen molar-refractivity contribution >= 4 is 8.19 Å². The van der Waals surface area contributed by atoms with Crippen LogP contribution in [0.25, 0.3) is 0 Å². The summed E-state index contributed by atoms with van der Waals surface area (Å²) < 4.78 is 2.25. The lowest BCUT2D eigenvalue weighted by atomic mass is 10.4. The van der Waals surface area contributed by atoms with Gasteiger partial charge in [-0.25, -0.2) is 0 Å². The Hall–Kier alpha value is -0.290. The number of rotatable bonds is 0. The molecule has 0 aromatic carbocycles. The van der Waals surface area contributed by atoms with Crippen LogP contribution in [0.15, 0.2) is 0 Å². The van der Waals surface area contributed by atoms with E-state index >= 15 is 0 Å². The lowest BCUT2D eigenvalue weighted by Gasteiger charge is -1.96. The number of aryl methyl sites for hydroxylation is 2. The molecule has 0 N–H and O–H groups in total. The average Bonchev–Trinajstić information content (AvgIpc) is 1.98. The van der Waals surface area contributed by atoms with Crippen LogP contribution in [0.1, 0.15) is 16.4 Å². The fourth-order valence-corrected chi connectivity index (χ4v) is 1.98. The number of nitrogens with zero attached hydrogens (tertiary/aromatic N) is 1. The minimum Gasteiger partial charge on any atom is -0.348 e. The van der Waals surface area contributed by atoms with Crippen molar-refractivity contribution in [1.29, 1.82) is 0 Å². The first kappa shape index (κ1) is 6.82. The van der Waals surface area contributed by atoms with E-state index in [-0.39, 0.29) is 0 Å². The highest BCUT2D eigenvalue weighted by atomic mass is 31.0. The summed E-state index contributed by atoms with van der Waals surface area (Å²) in [6, 6.07) is 0. The van der Waals surface area contributed by atoms with E-state index < -0.39 is 0 Å². The third-order valence-electron chi connectivity index (χ3n) is 1.84. The molecule has 0 atom stereocenters. The van der Waals surface area contributed by atoms with Gasteiger partial charge in [0.25, 0.3) is 0 Å². The highest BCUT2D eigenvalue weighted by Crippen LogP contribution is 2.23. The van der Waals surface area contributed by atoms with Crippen molar-refractivity contribution in [3.8, 4) is 0 Å². The molecule has 2 heteroatoms. The van der Waals surface area contributed by atoms with Crippen LogP contribution in [0, 0.1) is 20.8 Å². The van der Waals surface area contributed by atoms with Gasteiger partial charge >= 0.3 is 0 Å². The molecule has 0 aliphatic heterocycles. The summed E-state index contributed by atoms with van der Waals surface area (Å²) in [5, 5.41) is 1.48. The third kappa shape index (κ3) is 1.02. The molecule has 0 aliphatic carbocycles. The molecule has 9 heavy (non-hydrogen) atoms. The van der Waals surface area contributed by atoms with Crippen LogP contribution in [-0.2, 0) is 7.05 Å². The summed E-state index contributed by atoms with van der Waals surface area (Å²) in [5.74, 6) is 0. The zero-order chi connectivity index (χ0) is 7.02. The molecule has 0 radical (unpaired) electrons. The fraction of sp³-hybridized carbons (Fsp3) is 0.571. The minimum atomic E-state index is 1.40. The molecule has 0 bridgehead atoms. The molecule has 0 aliphatic rings. The molecule has 0 fully saturated rings. The Kier molecular flexibility index (Phi) is 1.63. The van der Waals surface area contributed by atoms with E-state index in [1.165, 1.54) is 24.6 Å². The quantitative estimate of drug-likeness (QED) is 0.523. The minimum absolute atomic E-state index is 1.40. The Bertz CT molecular complexity index is 203. The second-order valence-corrected chi connectivity index (χ2v) is 3.93. The summed E-state index contributed by atoms with van der Waals surface area (Å²) in [7, 11) is 3.52. The smallest absolute Gasteiger partial charge is 0.0421 e. The molecule has 50 valence electrons. The SMILES string of the molecule is Cc1pc(C)n(C)c1C. The van der Waals surface area contributed by atoms with Gasteiger partial charge in [0, 0.05) is 18.2 Å².